The third kappa shape index (κ3) is 4.79. The van der Waals surface area contributed by atoms with Crippen LogP contribution in [-0.2, 0) is 10.4 Å². The van der Waals surface area contributed by atoms with Crippen LogP contribution in [-0.4, -0.2) is 42.1 Å². The first kappa shape index (κ1) is 18.3. The van der Waals surface area contributed by atoms with Gasteiger partial charge in [-0.3, -0.25) is 4.79 Å². The molecule has 2 N–H and O–H groups in total. The molecule has 1 aromatic carbocycles. The summed E-state index contributed by atoms with van der Waals surface area (Å²) < 4.78 is 13.4. The molecule has 2 fully saturated rings. The van der Waals surface area contributed by atoms with Crippen LogP contribution >= 0.6 is 0 Å². The second-order valence-electron chi connectivity index (χ2n) is 7.51. The maximum absolute atomic E-state index is 13.4. The van der Waals surface area contributed by atoms with Crippen molar-refractivity contribution in [2.45, 2.75) is 50.5 Å². The number of hydrogen-bond donors (Lipinski definition) is 2. The Morgan fingerprint density at radius 2 is 1.96 bits per heavy atom. The fourth-order valence-corrected chi connectivity index (χ4v) is 4.06. The molecule has 0 radical (unpaired) electrons. The van der Waals surface area contributed by atoms with Gasteiger partial charge < -0.3 is 15.3 Å². The molecule has 25 heavy (non-hydrogen) atoms. The molecule has 1 aromatic rings. The Hall–Kier alpha value is -1.46. The van der Waals surface area contributed by atoms with Crippen molar-refractivity contribution in [2.24, 2.45) is 5.92 Å². The average Bonchev–Trinajstić information content (AvgIpc) is 2.64. The number of likely N-dealkylation sites (tertiary alicyclic amines) is 1. The van der Waals surface area contributed by atoms with Crippen molar-refractivity contribution < 1.29 is 14.3 Å². The molecule has 0 bridgehead atoms. The molecule has 3 rings (SSSR count). The highest BCUT2D eigenvalue weighted by molar-refractivity contribution is 5.78. The van der Waals surface area contributed by atoms with E-state index in [9.17, 15) is 14.3 Å². The van der Waals surface area contributed by atoms with Crippen molar-refractivity contribution in [3.05, 3.63) is 35.6 Å². The van der Waals surface area contributed by atoms with E-state index in [0.29, 0.717) is 24.9 Å². The second-order valence-corrected chi connectivity index (χ2v) is 7.51. The summed E-state index contributed by atoms with van der Waals surface area (Å²) in [5, 5.41) is 13.9. The third-order valence-electron chi connectivity index (χ3n) is 5.75. The number of benzene rings is 1. The number of piperidine rings is 1. The molecule has 0 atom stereocenters. The first-order chi connectivity index (χ1) is 12.1. The highest BCUT2D eigenvalue weighted by Gasteiger charge is 2.34. The van der Waals surface area contributed by atoms with E-state index in [1.165, 1.54) is 31.4 Å². The summed E-state index contributed by atoms with van der Waals surface area (Å²) in [4.78, 5) is 14.4. The lowest BCUT2D eigenvalue weighted by Gasteiger charge is -2.38. The summed E-state index contributed by atoms with van der Waals surface area (Å²) in [6.07, 6.45) is 6.82. The van der Waals surface area contributed by atoms with Gasteiger partial charge in [0.2, 0.25) is 5.91 Å². The number of amides is 1. The van der Waals surface area contributed by atoms with Crippen LogP contribution in [0.25, 0.3) is 0 Å². The highest BCUT2D eigenvalue weighted by atomic mass is 19.1. The van der Waals surface area contributed by atoms with Crippen LogP contribution in [0.1, 0.15) is 50.5 Å². The first-order valence-corrected chi connectivity index (χ1v) is 9.55. The van der Waals surface area contributed by atoms with E-state index >= 15 is 0 Å². The molecular weight excluding hydrogens is 319 g/mol. The number of carbonyl (C=O) groups is 1. The highest BCUT2D eigenvalue weighted by Crippen LogP contribution is 2.32. The van der Waals surface area contributed by atoms with Crippen LogP contribution in [0.2, 0.25) is 0 Å². The zero-order chi connectivity index (χ0) is 17.7. The molecule has 0 unspecified atom stereocenters. The lowest BCUT2D eigenvalue weighted by atomic mass is 9.84. The molecule has 1 amide bonds. The monoisotopic (exact) mass is 348 g/mol. The fourth-order valence-electron chi connectivity index (χ4n) is 4.06. The quantitative estimate of drug-likeness (QED) is 0.860. The number of aliphatic hydroxyl groups is 1. The van der Waals surface area contributed by atoms with E-state index in [4.69, 9.17) is 0 Å². The topological polar surface area (TPSA) is 52.6 Å². The summed E-state index contributed by atoms with van der Waals surface area (Å²) in [5.41, 5.74) is -0.276. The minimum atomic E-state index is -0.941. The second kappa shape index (κ2) is 8.28. The summed E-state index contributed by atoms with van der Waals surface area (Å²) in [6, 6.07) is 6.27. The largest absolute Gasteiger partial charge is 0.385 e. The zero-order valence-corrected chi connectivity index (χ0v) is 14.8. The number of carbonyl (C=O) groups excluding carboxylic acids is 1. The van der Waals surface area contributed by atoms with Crippen LogP contribution in [0, 0.1) is 11.7 Å². The maximum atomic E-state index is 13.4. The van der Waals surface area contributed by atoms with Gasteiger partial charge in [-0.05, 0) is 43.4 Å². The molecular formula is C20H29FN2O2. The number of nitrogens with zero attached hydrogens (tertiary/aromatic N) is 1. The average molecular weight is 348 g/mol. The molecule has 1 aliphatic carbocycles. The van der Waals surface area contributed by atoms with E-state index in [-0.39, 0.29) is 17.6 Å². The molecule has 138 valence electrons. The van der Waals surface area contributed by atoms with Crippen LogP contribution in [0.5, 0.6) is 0 Å². The number of hydrogen-bond acceptors (Lipinski definition) is 3. The van der Waals surface area contributed by atoms with Crippen molar-refractivity contribution in [3.8, 4) is 0 Å². The van der Waals surface area contributed by atoms with Crippen LogP contribution in [0.15, 0.2) is 24.3 Å². The van der Waals surface area contributed by atoms with E-state index in [1.54, 1.807) is 12.1 Å². The van der Waals surface area contributed by atoms with Crippen LogP contribution in [0.4, 0.5) is 4.39 Å². The van der Waals surface area contributed by atoms with Gasteiger partial charge >= 0.3 is 0 Å². The first-order valence-electron chi connectivity index (χ1n) is 9.55. The lowest BCUT2D eigenvalue weighted by Crippen LogP contribution is -2.45. The molecule has 2 aliphatic rings. The Morgan fingerprint density at radius 1 is 1.24 bits per heavy atom. The summed E-state index contributed by atoms with van der Waals surface area (Å²) >= 11 is 0. The van der Waals surface area contributed by atoms with E-state index in [2.05, 4.69) is 10.2 Å². The van der Waals surface area contributed by atoms with Gasteiger partial charge in [0.1, 0.15) is 5.82 Å². The van der Waals surface area contributed by atoms with Crippen molar-refractivity contribution in [3.63, 3.8) is 0 Å². The fraction of sp³-hybridized carbons (Fsp3) is 0.650. The predicted molar refractivity (Wildman–Crippen MR) is 95.6 cm³/mol. The van der Waals surface area contributed by atoms with E-state index < -0.39 is 5.60 Å². The molecule has 0 aromatic heterocycles. The minimum absolute atomic E-state index is 0.202. The summed E-state index contributed by atoms with van der Waals surface area (Å²) in [6.45, 7) is 2.98. The van der Waals surface area contributed by atoms with Crippen LogP contribution in [0.3, 0.4) is 0 Å². The maximum Gasteiger partial charge on any atom is 0.223 e. The Labute approximate surface area is 149 Å². The van der Waals surface area contributed by atoms with Gasteiger partial charge in [-0.1, -0.05) is 31.4 Å². The van der Waals surface area contributed by atoms with Gasteiger partial charge in [-0.2, -0.15) is 0 Å². The van der Waals surface area contributed by atoms with Gasteiger partial charge in [-0.25, -0.2) is 4.39 Å². The van der Waals surface area contributed by atoms with Crippen LogP contribution < -0.4 is 5.32 Å². The third-order valence-corrected chi connectivity index (χ3v) is 5.75. The number of nitrogens with one attached hydrogen (secondary N) is 1. The standard InChI is InChI=1S/C20H29FN2O2/c21-18-8-4-7-17(15-18)20(25)9-12-23(13-10-20)14-11-22-19(24)16-5-2-1-3-6-16/h4,7-8,15-16,25H,1-3,5-6,9-14H2,(H,22,24). The molecule has 0 spiro atoms. The zero-order valence-electron chi connectivity index (χ0n) is 14.8. The van der Waals surface area contributed by atoms with Gasteiger partial charge in [0.05, 0.1) is 5.60 Å². The lowest BCUT2D eigenvalue weighted by molar-refractivity contribution is -0.126. The summed E-state index contributed by atoms with van der Waals surface area (Å²) in [5.74, 6) is 0.0972. The molecule has 1 aliphatic heterocycles. The van der Waals surface area contributed by atoms with Crippen molar-refractivity contribution in [2.75, 3.05) is 26.2 Å². The van der Waals surface area contributed by atoms with E-state index in [0.717, 1.165) is 32.5 Å². The van der Waals surface area contributed by atoms with Gasteiger partial charge in [0.25, 0.3) is 0 Å². The molecule has 5 heteroatoms. The summed E-state index contributed by atoms with van der Waals surface area (Å²) in [7, 11) is 0. The van der Waals surface area contributed by atoms with Crippen molar-refractivity contribution in [1.82, 2.24) is 10.2 Å². The number of halogens is 1. The van der Waals surface area contributed by atoms with Gasteiger partial charge in [-0.15, -0.1) is 0 Å². The Bertz CT molecular complexity index is 579. The Balaban J connectivity index is 1.41. The molecule has 1 saturated carbocycles. The number of rotatable bonds is 5. The smallest absolute Gasteiger partial charge is 0.223 e. The SMILES string of the molecule is O=C(NCCN1CCC(O)(c2cccc(F)c2)CC1)C1CCCCC1. The Morgan fingerprint density at radius 3 is 2.64 bits per heavy atom. The molecule has 1 heterocycles. The van der Waals surface area contributed by atoms with E-state index in [1.807, 2.05) is 0 Å². The normalized spacial score (nSPS) is 21.8. The Kier molecular flexibility index (Phi) is 6.07. The van der Waals surface area contributed by atoms with Crippen molar-refractivity contribution >= 4 is 5.91 Å². The molecule has 1 saturated heterocycles. The molecule has 4 nitrogen and oxygen atoms in total. The minimum Gasteiger partial charge on any atom is -0.385 e. The van der Waals surface area contributed by atoms with Gasteiger partial charge in [0.15, 0.2) is 0 Å². The van der Waals surface area contributed by atoms with Gasteiger partial charge in [0, 0.05) is 32.1 Å². The predicted octanol–water partition coefficient (Wildman–Crippen LogP) is 2.81. The van der Waals surface area contributed by atoms with Crippen molar-refractivity contribution in [1.29, 1.82) is 0 Å².